The maximum absolute atomic E-state index is 14.2. The molecule has 0 aromatic carbocycles. The van der Waals surface area contributed by atoms with Crippen molar-refractivity contribution in [2.75, 3.05) is 13.2 Å². The largest absolute Gasteiger partial charge is 0.455 e. The molecule has 0 aromatic rings. The average molecular weight is 1220 g/mol. The molecule has 84 heavy (non-hydrogen) atoms. The second-order valence-corrected chi connectivity index (χ2v) is 27.4. The number of aliphatic hydroxyl groups is 6. The van der Waals surface area contributed by atoms with Crippen molar-refractivity contribution in [3.63, 3.8) is 0 Å². The summed E-state index contributed by atoms with van der Waals surface area (Å²) in [6.07, 6.45) is 23.4. The number of carbonyl (C=O) groups excluding carboxylic acids is 2. The molecular weight excluding hydrogens is 1100 g/mol. The molecule has 2 rings (SSSR count). The smallest absolute Gasteiger partial charge is 0.397 e. The van der Waals surface area contributed by atoms with Crippen LogP contribution in [0.5, 0.6) is 0 Å². The SMILES string of the molecule is CCCCCCCCCCCCCCCCCC(=O)O[C@@H]1[C@@H](O)[C@H](CO)O[C@@H](O[C@H]2O[C@H](CO)[C@@H](O)[C@H](O)[C@H]2OS(=O)(=O)O)[C@H]1OC(=O)[C@H](C)C[C@@H](C)C[C@@H](C)C[C@@H](C)C[C@@H](C)C[C@@H](C)[C@@H](O)CCCCCCCCCCCCCCCCC. The zero-order valence-electron chi connectivity index (χ0n) is 54.0. The molecule has 2 fully saturated rings. The predicted molar refractivity (Wildman–Crippen MR) is 330 cm³/mol. The van der Waals surface area contributed by atoms with Gasteiger partial charge in [0.05, 0.1) is 25.2 Å². The summed E-state index contributed by atoms with van der Waals surface area (Å²) in [4.78, 5) is 27.7. The molecule has 7 N–H and O–H groups in total. The van der Waals surface area contributed by atoms with E-state index in [1.165, 1.54) is 154 Å². The number of unbranched alkanes of at least 4 members (excludes halogenated alkanes) is 28. The van der Waals surface area contributed by atoms with Gasteiger partial charge in [0.15, 0.2) is 24.6 Å². The molecular formula is C66H126O17S. The first-order valence-corrected chi connectivity index (χ1v) is 35.5. The minimum absolute atomic E-state index is 0.0257. The Morgan fingerprint density at radius 2 is 0.833 bits per heavy atom. The Morgan fingerprint density at radius 3 is 1.25 bits per heavy atom. The molecule has 2 saturated heterocycles. The minimum Gasteiger partial charge on any atom is -0.455 e. The van der Waals surface area contributed by atoms with Gasteiger partial charge in [-0.15, -0.1) is 0 Å². The molecule has 0 radical (unpaired) electrons. The van der Waals surface area contributed by atoms with Crippen LogP contribution in [0, 0.1) is 35.5 Å². The summed E-state index contributed by atoms with van der Waals surface area (Å²) in [6, 6.07) is 0. The van der Waals surface area contributed by atoms with Gasteiger partial charge in [-0.1, -0.05) is 242 Å². The third kappa shape index (κ3) is 34.4. The number of hydrogen-bond acceptors (Lipinski definition) is 16. The molecule has 2 heterocycles. The Labute approximate surface area is 510 Å². The lowest BCUT2D eigenvalue weighted by atomic mass is 9.81. The normalized spacial score (nSPS) is 25.6. The summed E-state index contributed by atoms with van der Waals surface area (Å²) in [5.74, 6) is -0.640. The van der Waals surface area contributed by atoms with Crippen LogP contribution in [0.1, 0.15) is 293 Å². The number of rotatable bonds is 52. The van der Waals surface area contributed by atoms with Crippen LogP contribution < -0.4 is 0 Å². The summed E-state index contributed by atoms with van der Waals surface area (Å²) in [6.45, 7) is 15.5. The number of hydrogen-bond donors (Lipinski definition) is 7. The lowest BCUT2D eigenvalue weighted by Gasteiger charge is -2.46. The fourth-order valence-corrected chi connectivity index (χ4v) is 13.5. The molecule has 0 aromatic heterocycles. The standard InChI is InChI=1S/C66H126O17S/c1-9-11-13-15-17-19-21-23-25-27-29-31-33-35-37-39-54(69)52(7)44-50(5)42-48(3)41-49(4)43-51(6)45-53(8)64(74)81-63-61(80-57(70)40-38-36-34-32-30-28-26-24-22-20-18-16-14-12-10-2)59(72)56(47-68)79-66(63)82-65-62(83-84(75,76)77)60(73)58(71)55(46-67)78-65/h48-56,58-63,65-69,71-73H,9-47H2,1-8H3,(H,75,76,77)/t48-,49+,50-,51+,52-,53-,54+,55-,56+,58-,59+,60+,61-,62-,63+,65-,66+/m1/s1. The molecule has 0 bridgehead atoms. The van der Waals surface area contributed by atoms with Crippen LogP contribution in [0.25, 0.3) is 0 Å². The summed E-state index contributed by atoms with van der Waals surface area (Å²) in [5.41, 5.74) is 0. The van der Waals surface area contributed by atoms with Crippen molar-refractivity contribution in [3.8, 4) is 0 Å². The molecule has 0 amide bonds. The first kappa shape index (κ1) is 78.5. The van der Waals surface area contributed by atoms with Crippen LogP contribution >= 0.6 is 0 Å². The van der Waals surface area contributed by atoms with Crippen molar-refractivity contribution in [1.82, 2.24) is 0 Å². The van der Waals surface area contributed by atoms with Gasteiger partial charge in [0.2, 0.25) is 6.29 Å². The van der Waals surface area contributed by atoms with Crippen LogP contribution in [-0.2, 0) is 47.9 Å². The minimum atomic E-state index is -5.33. The predicted octanol–water partition coefficient (Wildman–Crippen LogP) is 13.2. The van der Waals surface area contributed by atoms with E-state index in [4.69, 9.17) is 23.7 Å². The van der Waals surface area contributed by atoms with Crippen molar-refractivity contribution in [2.45, 2.75) is 360 Å². The van der Waals surface area contributed by atoms with E-state index in [0.717, 1.165) is 64.2 Å². The van der Waals surface area contributed by atoms with E-state index in [1.807, 2.05) is 0 Å². The maximum Gasteiger partial charge on any atom is 0.397 e. The quantitative estimate of drug-likeness (QED) is 0.0170. The fraction of sp³-hybridized carbons (Fsp3) is 0.970. The lowest BCUT2D eigenvalue weighted by Crippen LogP contribution is -2.65. The molecule has 0 saturated carbocycles. The zero-order valence-corrected chi connectivity index (χ0v) is 54.8. The molecule has 0 aliphatic carbocycles. The summed E-state index contributed by atoms with van der Waals surface area (Å²) in [5, 5.41) is 64.3. The lowest BCUT2D eigenvalue weighted by molar-refractivity contribution is -0.374. The van der Waals surface area contributed by atoms with E-state index in [-0.39, 0.29) is 24.4 Å². The number of esters is 2. The van der Waals surface area contributed by atoms with E-state index in [1.54, 1.807) is 6.92 Å². The van der Waals surface area contributed by atoms with Gasteiger partial charge in [0.25, 0.3) is 0 Å². The van der Waals surface area contributed by atoms with Gasteiger partial charge in [0.1, 0.15) is 30.5 Å². The zero-order chi connectivity index (χ0) is 62.3. The van der Waals surface area contributed by atoms with Crippen molar-refractivity contribution in [3.05, 3.63) is 0 Å². The molecule has 0 unspecified atom stereocenters. The van der Waals surface area contributed by atoms with Crippen molar-refractivity contribution < 1.29 is 81.1 Å². The van der Waals surface area contributed by atoms with Crippen molar-refractivity contribution in [1.29, 1.82) is 0 Å². The van der Waals surface area contributed by atoms with E-state index in [0.29, 0.717) is 30.6 Å². The fourth-order valence-electron chi connectivity index (χ4n) is 13.0. The second kappa shape index (κ2) is 46.5. The highest BCUT2D eigenvalue weighted by Gasteiger charge is 2.55. The van der Waals surface area contributed by atoms with Gasteiger partial charge in [-0.3, -0.25) is 14.1 Å². The Bertz CT molecular complexity index is 1740. The van der Waals surface area contributed by atoms with Crippen molar-refractivity contribution in [2.24, 2.45) is 35.5 Å². The summed E-state index contributed by atoms with van der Waals surface area (Å²) in [7, 11) is -5.33. The Kier molecular flexibility index (Phi) is 43.5. The first-order valence-electron chi connectivity index (χ1n) is 34.1. The van der Waals surface area contributed by atoms with Gasteiger partial charge >= 0.3 is 22.3 Å². The molecule has 17 nitrogen and oxygen atoms in total. The Balaban J connectivity index is 1.98. The first-order chi connectivity index (χ1) is 40.1. The second-order valence-electron chi connectivity index (χ2n) is 26.4. The van der Waals surface area contributed by atoms with E-state index >= 15 is 0 Å². The third-order valence-corrected chi connectivity index (χ3v) is 18.2. The van der Waals surface area contributed by atoms with E-state index in [2.05, 4.69) is 52.6 Å². The highest BCUT2D eigenvalue weighted by Crippen LogP contribution is 2.35. The molecule has 18 heteroatoms. The van der Waals surface area contributed by atoms with Gasteiger partial charge in [-0.25, -0.2) is 4.18 Å². The average Bonchev–Trinajstić information content (AvgIpc) is 3.44. The van der Waals surface area contributed by atoms with Crippen LogP contribution in [0.2, 0.25) is 0 Å². The number of ether oxygens (including phenoxy) is 5. The van der Waals surface area contributed by atoms with Crippen LogP contribution in [0.15, 0.2) is 0 Å². The monoisotopic (exact) mass is 1220 g/mol. The third-order valence-electron chi connectivity index (χ3n) is 17.7. The molecule has 2 aliphatic rings. The van der Waals surface area contributed by atoms with Crippen LogP contribution in [0.3, 0.4) is 0 Å². The summed E-state index contributed by atoms with van der Waals surface area (Å²) < 4.78 is 67.5. The van der Waals surface area contributed by atoms with E-state index in [9.17, 15) is 53.2 Å². The van der Waals surface area contributed by atoms with Crippen LogP contribution in [-0.4, -0.2) is 136 Å². The Hall–Kier alpha value is -1.55. The maximum atomic E-state index is 14.2. The van der Waals surface area contributed by atoms with Gasteiger partial charge < -0.3 is 54.3 Å². The van der Waals surface area contributed by atoms with Gasteiger partial charge in [-0.2, -0.15) is 8.42 Å². The summed E-state index contributed by atoms with van der Waals surface area (Å²) >= 11 is 0. The van der Waals surface area contributed by atoms with Crippen molar-refractivity contribution >= 4 is 22.3 Å². The van der Waals surface area contributed by atoms with Gasteiger partial charge in [0, 0.05) is 6.42 Å². The Morgan fingerprint density at radius 1 is 0.464 bits per heavy atom. The number of carbonyl (C=O) groups is 2. The molecule has 498 valence electrons. The molecule has 0 spiro atoms. The number of aliphatic hydroxyl groups excluding tert-OH is 6. The van der Waals surface area contributed by atoms with Crippen LogP contribution in [0.4, 0.5) is 0 Å². The van der Waals surface area contributed by atoms with E-state index < -0.39 is 103 Å². The van der Waals surface area contributed by atoms with Gasteiger partial charge in [-0.05, 0) is 74.5 Å². The topological polar surface area (TPSA) is 265 Å². The highest BCUT2D eigenvalue weighted by atomic mass is 32.3. The molecule has 17 atom stereocenters. The highest BCUT2D eigenvalue weighted by molar-refractivity contribution is 7.80. The molecule has 2 aliphatic heterocycles.